The van der Waals surface area contributed by atoms with Gasteiger partial charge < -0.3 is 4.74 Å². The molecule has 2 bridgehead atoms. The first kappa shape index (κ1) is 8.09. The summed E-state index contributed by atoms with van der Waals surface area (Å²) in [4.78, 5) is 11.4. The van der Waals surface area contributed by atoms with E-state index in [1.165, 1.54) is 26.4 Å². The van der Waals surface area contributed by atoms with Crippen LogP contribution in [0.15, 0.2) is 0 Å². The molecule has 2 saturated carbocycles. The molecule has 2 heteroatoms. The average Bonchev–Trinajstić information content (AvgIpc) is 2.57. The molecule has 2 aliphatic rings. The van der Waals surface area contributed by atoms with Gasteiger partial charge in [-0.25, -0.2) is 0 Å². The van der Waals surface area contributed by atoms with Gasteiger partial charge >= 0.3 is 5.97 Å². The van der Waals surface area contributed by atoms with Gasteiger partial charge in [0.2, 0.25) is 0 Å². The van der Waals surface area contributed by atoms with Crippen LogP contribution in [0.3, 0.4) is 0 Å². The van der Waals surface area contributed by atoms with Crippen molar-refractivity contribution in [1.82, 2.24) is 0 Å². The van der Waals surface area contributed by atoms with Crippen LogP contribution in [0, 0.1) is 17.3 Å². The van der Waals surface area contributed by atoms with E-state index in [0.29, 0.717) is 0 Å². The van der Waals surface area contributed by atoms with Gasteiger partial charge in [0.1, 0.15) is 0 Å². The van der Waals surface area contributed by atoms with Crippen molar-refractivity contribution in [3.8, 4) is 0 Å². The standard InChI is InChI=1S/C10H16O2/c1-10-4-3-7(6-10)5-8(10)9(11)12-2/h7-8H,3-6H2,1-2H3. The van der Waals surface area contributed by atoms with Crippen LogP contribution in [0.1, 0.15) is 32.6 Å². The number of hydrogen-bond acceptors (Lipinski definition) is 2. The minimum Gasteiger partial charge on any atom is -0.469 e. The van der Waals surface area contributed by atoms with Crippen molar-refractivity contribution in [3.63, 3.8) is 0 Å². The smallest absolute Gasteiger partial charge is 0.309 e. The number of hydrogen-bond donors (Lipinski definition) is 0. The molecule has 0 N–H and O–H groups in total. The molecule has 68 valence electrons. The molecule has 0 heterocycles. The summed E-state index contributed by atoms with van der Waals surface area (Å²) in [6, 6.07) is 0. The van der Waals surface area contributed by atoms with E-state index in [4.69, 9.17) is 4.74 Å². The number of fused-ring (bicyclic) bond motifs is 2. The molecule has 0 radical (unpaired) electrons. The maximum Gasteiger partial charge on any atom is 0.309 e. The molecule has 0 aromatic heterocycles. The lowest BCUT2D eigenvalue weighted by Crippen LogP contribution is -2.29. The van der Waals surface area contributed by atoms with Crippen molar-refractivity contribution in [2.45, 2.75) is 32.6 Å². The predicted molar refractivity (Wildman–Crippen MR) is 45.6 cm³/mol. The summed E-state index contributed by atoms with van der Waals surface area (Å²) in [7, 11) is 1.50. The molecule has 2 aliphatic carbocycles. The highest BCUT2D eigenvalue weighted by Gasteiger charge is 2.52. The van der Waals surface area contributed by atoms with Crippen molar-refractivity contribution in [3.05, 3.63) is 0 Å². The van der Waals surface area contributed by atoms with Crippen LogP contribution in [0.4, 0.5) is 0 Å². The number of carbonyl (C=O) groups excluding carboxylic acids is 1. The maximum atomic E-state index is 11.4. The van der Waals surface area contributed by atoms with E-state index in [1.54, 1.807) is 0 Å². The van der Waals surface area contributed by atoms with Crippen molar-refractivity contribution >= 4 is 5.97 Å². The van der Waals surface area contributed by atoms with Gasteiger partial charge in [0.05, 0.1) is 13.0 Å². The molecule has 0 saturated heterocycles. The van der Waals surface area contributed by atoms with Gasteiger partial charge in [-0.05, 0) is 37.0 Å². The normalized spacial score (nSPS) is 44.8. The quantitative estimate of drug-likeness (QED) is 0.560. The summed E-state index contributed by atoms with van der Waals surface area (Å²) in [5, 5.41) is 0. The van der Waals surface area contributed by atoms with Crippen molar-refractivity contribution < 1.29 is 9.53 Å². The second kappa shape index (κ2) is 2.48. The van der Waals surface area contributed by atoms with Crippen molar-refractivity contribution in [2.24, 2.45) is 17.3 Å². The Hall–Kier alpha value is -0.530. The summed E-state index contributed by atoms with van der Waals surface area (Å²) in [5.41, 5.74) is 0.276. The minimum absolute atomic E-state index is 0.0136. The first-order valence-electron chi connectivity index (χ1n) is 4.73. The molecule has 0 aromatic carbocycles. The Bertz CT molecular complexity index is 212. The first-order valence-corrected chi connectivity index (χ1v) is 4.73. The number of rotatable bonds is 1. The van der Waals surface area contributed by atoms with Gasteiger partial charge in [-0.1, -0.05) is 6.92 Å². The van der Waals surface area contributed by atoms with Crippen molar-refractivity contribution in [1.29, 1.82) is 0 Å². The third kappa shape index (κ3) is 0.970. The van der Waals surface area contributed by atoms with E-state index in [0.717, 1.165) is 12.3 Å². The van der Waals surface area contributed by atoms with E-state index >= 15 is 0 Å². The molecule has 2 nitrogen and oxygen atoms in total. The lowest BCUT2D eigenvalue weighted by molar-refractivity contribution is -0.149. The molecule has 2 rings (SSSR count). The van der Waals surface area contributed by atoms with Crippen LogP contribution in [0.2, 0.25) is 0 Å². The highest BCUT2D eigenvalue weighted by molar-refractivity contribution is 5.74. The summed E-state index contributed by atoms with van der Waals surface area (Å²) >= 11 is 0. The van der Waals surface area contributed by atoms with Crippen molar-refractivity contribution in [2.75, 3.05) is 7.11 Å². The monoisotopic (exact) mass is 168 g/mol. The molecule has 0 amide bonds. The second-order valence-electron chi connectivity index (χ2n) is 4.57. The Labute approximate surface area is 73.3 Å². The molecule has 0 aromatic rings. The third-order valence-electron chi connectivity index (χ3n) is 3.77. The van der Waals surface area contributed by atoms with Gasteiger partial charge in [0.15, 0.2) is 0 Å². The molecule has 0 aliphatic heterocycles. The Morgan fingerprint density at radius 3 is 2.75 bits per heavy atom. The lowest BCUT2D eigenvalue weighted by Gasteiger charge is -2.28. The van der Waals surface area contributed by atoms with Crippen LogP contribution >= 0.6 is 0 Å². The highest BCUT2D eigenvalue weighted by Crippen LogP contribution is 2.57. The zero-order valence-electron chi connectivity index (χ0n) is 7.80. The zero-order valence-corrected chi connectivity index (χ0v) is 7.80. The Balaban J connectivity index is 2.14. The molecule has 12 heavy (non-hydrogen) atoms. The van der Waals surface area contributed by atoms with Gasteiger partial charge in [-0.3, -0.25) is 4.79 Å². The highest BCUT2D eigenvalue weighted by atomic mass is 16.5. The predicted octanol–water partition coefficient (Wildman–Crippen LogP) is 1.99. The number of ether oxygens (including phenoxy) is 1. The second-order valence-corrected chi connectivity index (χ2v) is 4.57. The fraction of sp³-hybridized carbons (Fsp3) is 0.900. The molecule has 2 fully saturated rings. The average molecular weight is 168 g/mol. The fourth-order valence-corrected chi connectivity index (χ4v) is 3.06. The number of esters is 1. The number of methoxy groups -OCH3 is 1. The van der Waals surface area contributed by atoms with E-state index in [9.17, 15) is 4.79 Å². The van der Waals surface area contributed by atoms with Crippen LogP contribution in [0.5, 0.6) is 0 Å². The molecule has 3 atom stereocenters. The topological polar surface area (TPSA) is 26.3 Å². The molecule has 0 spiro atoms. The lowest BCUT2D eigenvalue weighted by atomic mass is 9.77. The fourth-order valence-electron chi connectivity index (χ4n) is 3.06. The summed E-state index contributed by atoms with van der Waals surface area (Å²) in [6.07, 6.45) is 4.86. The van der Waals surface area contributed by atoms with E-state index in [2.05, 4.69) is 6.92 Å². The van der Waals surface area contributed by atoms with Gasteiger partial charge in [-0.15, -0.1) is 0 Å². The molecular weight excluding hydrogens is 152 g/mol. The van der Waals surface area contributed by atoms with Gasteiger partial charge in [-0.2, -0.15) is 0 Å². The van der Waals surface area contributed by atoms with E-state index < -0.39 is 0 Å². The molecule has 3 unspecified atom stereocenters. The third-order valence-corrected chi connectivity index (χ3v) is 3.77. The first-order chi connectivity index (χ1) is 5.65. The van der Waals surface area contributed by atoms with Crippen LogP contribution < -0.4 is 0 Å². The summed E-state index contributed by atoms with van der Waals surface area (Å²) in [5.74, 6) is 1.01. The van der Waals surface area contributed by atoms with Gasteiger partial charge in [0, 0.05) is 0 Å². The Morgan fingerprint density at radius 2 is 2.33 bits per heavy atom. The van der Waals surface area contributed by atoms with Gasteiger partial charge in [0.25, 0.3) is 0 Å². The van der Waals surface area contributed by atoms with E-state index in [1.807, 2.05) is 0 Å². The maximum absolute atomic E-state index is 11.4. The SMILES string of the molecule is COC(=O)C1CC2CCC1(C)C2. The largest absolute Gasteiger partial charge is 0.469 e. The van der Waals surface area contributed by atoms with Crippen LogP contribution in [-0.4, -0.2) is 13.1 Å². The van der Waals surface area contributed by atoms with Crippen LogP contribution in [-0.2, 0) is 9.53 Å². The summed E-state index contributed by atoms with van der Waals surface area (Å²) in [6.45, 7) is 2.24. The number of carbonyl (C=O) groups is 1. The Kier molecular flexibility index (Phi) is 1.67. The summed E-state index contributed by atoms with van der Waals surface area (Å²) < 4.78 is 4.81. The van der Waals surface area contributed by atoms with E-state index in [-0.39, 0.29) is 17.3 Å². The minimum atomic E-state index is 0.0136. The van der Waals surface area contributed by atoms with Crippen LogP contribution in [0.25, 0.3) is 0 Å². The Morgan fingerprint density at radius 1 is 1.58 bits per heavy atom. The zero-order chi connectivity index (χ0) is 8.77. The molecular formula is C10H16O2.